The Bertz CT molecular complexity index is 2980. The fourth-order valence-electron chi connectivity index (χ4n) is 9.54. The zero-order chi connectivity index (χ0) is 40.1. The van der Waals surface area contributed by atoms with E-state index in [4.69, 9.17) is 9.97 Å². The van der Waals surface area contributed by atoms with Crippen molar-refractivity contribution in [2.24, 2.45) is 0 Å². The summed E-state index contributed by atoms with van der Waals surface area (Å²) in [4.78, 5) is 13.1. The van der Waals surface area contributed by atoms with Crippen molar-refractivity contribution in [1.29, 1.82) is 0 Å². The Hall–Kier alpha value is -5.42. The minimum Gasteiger partial charge on any atom is -0.375 e. The van der Waals surface area contributed by atoms with Crippen LogP contribution in [-0.2, 0) is 21.7 Å². The lowest BCUT2D eigenvalue weighted by Crippen LogP contribution is -2.57. The Kier molecular flexibility index (Phi) is 7.31. The average molecular weight is 745 g/mol. The molecule has 0 N–H and O–H groups in total. The molecule has 0 bridgehead atoms. The predicted octanol–water partition coefficient (Wildman–Crippen LogP) is 12.5. The van der Waals surface area contributed by atoms with Crippen LogP contribution in [0.2, 0.25) is 0 Å². The largest absolute Gasteiger partial charge is 0.375 e. The first kappa shape index (κ1) is 36.0. The molecule has 0 aliphatic carbocycles. The highest BCUT2D eigenvalue weighted by atomic mass is 15.2. The van der Waals surface area contributed by atoms with E-state index in [2.05, 4.69) is 183 Å². The van der Waals surface area contributed by atoms with Crippen molar-refractivity contribution in [2.75, 3.05) is 4.90 Å². The third-order valence-corrected chi connectivity index (χ3v) is 12.8. The summed E-state index contributed by atoms with van der Waals surface area (Å²) >= 11 is 0. The number of hydrogen-bond acceptors (Lipinski definition) is 3. The Morgan fingerprint density at radius 1 is 0.491 bits per heavy atom. The summed E-state index contributed by atoms with van der Waals surface area (Å²) in [5.74, 6) is 0. The second kappa shape index (κ2) is 11.6. The van der Waals surface area contributed by atoms with Gasteiger partial charge in [0.15, 0.2) is 0 Å². The van der Waals surface area contributed by atoms with Gasteiger partial charge in [-0.2, -0.15) is 0 Å². The van der Waals surface area contributed by atoms with Crippen LogP contribution in [0.1, 0.15) is 105 Å². The molecule has 4 nitrogen and oxygen atoms in total. The molecule has 5 heterocycles. The van der Waals surface area contributed by atoms with Crippen molar-refractivity contribution in [1.82, 2.24) is 14.4 Å². The first-order valence-electron chi connectivity index (χ1n) is 20.7. The quantitative estimate of drug-likeness (QED) is 0.157. The Morgan fingerprint density at radius 3 is 1.74 bits per heavy atom. The van der Waals surface area contributed by atoms with Crippen molar-refractivity contribution in [3.63, 3.8) is 0 Å². The van der Waals surface area contributed by atoms with Gasteiger partial charge in [-0.1, -0.05) is 113 Å². The maximum atomic E-state index is 5.25. The molecule has 0 unspecified atom stereocenters. The summed E-state index contributed by atoms with van der Waals surface area (Å²) in [5.41, 5.74) is 18.4. The van der Waals surface area contributed by atoms with Gasteiger partial charge < -0.3 is 9.38 Å². The van der Waals surface area contributed by atoms with Crippen molar-refractivity contribution in [2.45, 2.75) is 105 Å². The monoisotopic (exact) mass is 744 g/mol. The molecule has 5 aromatic carbocycles. The van der Waals surface area contributed by atoms with Crippen LogP contribution in [0.5, 0.6) is 0 Å². The summed E-state index contributed by atoms with van der Waals surface area (Å²) in [5, 5.41) is 4.91. The number of hydrogen-bond donors (Lipinski definition) is 0. The number of aromatic nitrogens is 3. The molecular formula is C52H53BN4. The third-order valence-electron chi connectivity index (χ3n) is 12.8. The van der Waals surface area contributed by atoms with Crippen LogP contribution in [0, 0.1) is 0 Å². The SMILES string of the molecule is CC(C)(C)c1cc(N2c3cc4cccnc4c4c3B(c3c2ccc2cccnc32)n2c3ccc(C(C)(C)C)cc3c3cc(C(C)(C)C)cc-4c32)cc(C(C)(C)C)c1. The standard InChI is InChI=1S/C52H53BN4/c1-49(2,3)32-18-20-40-37(27-32)38-28-35(52(10,11)12)29-39-43-44-42(23-31-16-14-21-54-46(31)43)56(36-25-33(50(4,5)6)24-34(26-36)51(7,8)9)41-19-17-30-15-13-22-55-47(30)45(41)53(44)57(40)48(38)39/h13-29H,1-12H3. The van der Waals surface area contributed by atoms with Gasteiger partial charge in [-0.05, 0) is 121 Å². The van der Waals surface area contributed by atoms with Crippen LogP contribution in [0.15, 0.2) is 103 Å². The Morgan fingerprint density at radius 2 is 1.09 bits per heavy atom. The molecule has 0 amide bonds. The highest BCUT2D eigenvalue weighted by molar-refractivity contribution is 6.91. The second-order valence-corrected chi connectivity index (χ2v) is 20.9. The van der Waals surface area contributed by atoms with E-state index >= 15 is 0 Å². The average Bonchev–Trinajstić information content (AvgIpc) is 3.48. The predicted molar refractivity (Wildman–Crippen MR) is 245 cm³/mol. The molecule has 2 aliphatic heterocycles. The van der Waals surface area contributed by atoms with Crippen molar-refractivity contribution in [3.8, 4) is 11.1 Å². The van der Waals surface area contributed by atoms with Gasteiger partial charge in [0.05, 0.1) is 11.0 Å². The maximum Gasteiger partial charge on any atom is 0.335 e. The minimum atomic E-state index is -0.132. The van der Waals surface area contributed by atoms with Gasteiger partial charge >= 0.3 is 6.85 Å². The van der Waals surface area contributed by atoms with Crippen LogP contribution in [0.25, 0.3) is 54.7 Å². The fraction of sp³-hybridized carbons (Fsp3) is 0.308. The molecule has 0 saturated carbocycles. The number of pyridine rings is 2. The molecule has 0 spiro atoms. The van der Waals surface area contributed by atoms with Crippen molar-refractivity contribution in [3.05, 3.63) is 126 Å². The lowest BCUT2D eigenvalue weighted by molar-refractivity contribution is 0.569. The third kappa shape index (κ3) is 5.27. The van der Waals surface area contributed by atoms with Crippen molar-refractivity contribution < 1.29 is 0 Å². The summed E-state index contributed by atoms with van der Waals surface area (Å²) in [7, 11) is 0. The molecule has 8 aromatic rings. The number of fused-ring (bicyclic) bond motifs is 11. The molecule has 10 rings (SSSR count). The summed E-state index contributed by atoms with van der Waals surface area (Å²) in [6.07, 6.45) is 3.94. The Balaban J connectivity index is 1.44. The normalized spacial score (nSPS) is 14.2. The van der Waals surface area contributed by atoms with Gasteiger partial charge in [0.25, 0.3) is 0 Å². The van der Waals surface area contributed by atoms with E-state index in [1.54, 1.807) is 0 Å². The van der Waals surface area contributed by atoms with E-state index in [1.165, 1.54) is 83.2 Å². The summed E-state index contributed by atoms with van der Waals surface area (Å²) in [6.45, 7) is 27.8. The second-order valence-electron chi connectivity index (χ2n) is 20.9. The highest BCUT2D eigenvalue weighted by Crippen LogP contribution is 2.50. The van der Waals surface area contributed by atoms with Gasteiger partial charge in [0.1, 0.15) is 0 Å². The summed E-state index contributed by atoms with van der Waals surface area (Å²) < 4.78 is 2.68. The highest BCUT2D eigenvalue weighted by Gasteiger charge is 2.45. The van der Waals surface area contributed by atoms with E-state index in [9.17, 15) is 0 Å². The zero-order valence-corrected chi connectivity index (χ0v) is 35.7. The van der Waals surface area contributed by atoms with E-state index in [0.717, 1.165) is 21.8 Å². The molecule has 3 aromatic heterocycles. The van der Waals surface area contributed by atoms with Crippen LogP contribution in [0.3, 0.4) is 0 Å². The van der Waals surface area contributed by atoms with Crippen LogP contribution in [-0.4, -0.2) is 21.3 Å². The van der Waals surface area contributed by atoms with Crippen LogP contribution in [0.4, 0.5) is 17.1 Å². The van der Waals surface area contributed by atoms with E-state index in [-0.39, 0.29) is 28.5 Å². The zero-order valence-electron chi connectivity index (χ0n) is 35.7. The molecule has 0 fully saturated rings. The van der Waals surface area contributed by atoms with E-state index in [0.29, 0.717) is 0 Å². The van der Waals surface area contributed by atoms with Crippen molar-refractivity contribution >= 4 is 78.4 Å². The number of anilines is 3. The van der Waals surface area contributed by atoms with Crippen LogP contribution < -0.4 is 15.8 Å². The number of rotatable bonds is 1. The molecule has 0 saturated heterocycles. The smallest absolute Gasteiger partial charge is 0.335 e. The molecular weight excluding hydrogens is 691 g/mol. The molecule has 284 valence electrons. The van der Waals surface area contributed by atoms with Gasteiger partial charge in [-0.3, -0.25) is 9.97 Å². The van der Waals surface area contributed by atoms with Gasteiger partial charge in [-0.15, -0.1) is 0 Å². The first-order chi connectivity index (χ1) is 26.8. The molecule has 5 heteroatoms. The maximum absolute atomic E-state index is 5.25. The van der Waals surface area contributed by atoms with Gasteiger partial charge in [-0.25, -0.2) is 0 Å². The van der Waals surface area contributed by atoms with Gasteiger partial charge in [0, 0.05) is 67.8 Å². The first-order valence-corrected chi connectivity index (χ1v) is 20.7. The molecule has 2 aliphatic rings. The number of benzene rings is 5. The molecule has 0 radical (unpaired) electrons. The van der Waals surface area contributed by atoms with E-state index < -0.39 is 0 Å². The molecule has 0 atom stereocenters. The van der Waals surface area contributed by atoms with E-state index in [1.807, 2.05) is 12.4 Å². The molecule has 57 heavy (non-hydrogen) atoms. The Labute approximate surface area is 338 Å². The lowest BCUT2D eigenvalue weighted by atomic mass is 9.44. The number of nitrogens with zero attached hydrogens (tertiary/aromatic N) is 4. The van der Waals surface area contributed by atoms with Gasteiger partial charge in [0.2, 0.25) is 0 Å². The topological polar surface area (TPSA) is 34.0 Å². The minimum absolute atomic E-state index is 0.00901. The fourth-order valence-corrected chi connectivity index (χ4v) is 9.54. The summed E-state index contributed by atoms with van der Waals surface area (Å²) in [6, 6.07) is 35.2. The lowest BCUT2D eigenvalue weighted by Gasteiger charge is -2.42. The van der Waals surface area contributed by atoms with Crippen LogP contribution >= 0.6 is 0 Å².